The normalized spacial score (nSPS) is 15.1. The Kier molecular flexibility index (Phi) is 4.72. The van der Waals surface area contributed by atoms with Gasteiger partial charge in [0.05, 0.1) is 10.9 Å². The number of rotatable bonds is 5. The van der Waals surface area contributed by atoms with Crippen molar-refractivity contribution in [2.45, 2.75) is 24.8 Å². The summed E-state index contributed by atoms with van der Waals surface area (Å²) >= 11 is 5.80. The van der Waals surface area contributed by atoms with Crippen molar-refractivity contribution in [3.63, 3.8) is 0 Å². The molecule has 7 heteroatoms. The van der Waals surface area contributed by atoms with E-state index in [2.05, 4.69) is 4.72 Å². The summed E-state index contributed by atoms with van der Waals surface area (Å²) < 4.78 is 26.3. The molecule has 0 spiro atoms. The number of aliphatic carboxylic acids is 1. The summed E-state index contributed by atoms with van der Waals surface area (Å²) in [6.45, 7) is 2.93. The van der Waals surface area contributed by atoms with Crippen LogP contribution >= 0.6 is 11.6 Å². The zero-order valence-electron chi connectivity index (χ0n) is 9.92. The van der Waals surface area contributed by atoms with Gasteiger partial charge in [-0.1, -0.05) is 30.7 Å². The monoisotopic (exact) mass is 291 g/mol. The predicted molar refractivity (Wildman–Crippen MR) is 68.0 cm³/mol. The van der Waals surface area contributed by atoms with Crippen LogP contribution in [0.3, 0.4) is 0 Å². The maximum absolute atomic E-state index is 12.0. The number of benzene rings is 1. The van der Waals surface area contributed by atoms with Crippen molar-refractivity contribution in [1.29, 1.82) is 0 Å². The lowest BCUT2D eigenvalue weighted by Gasteiger charge is -2.18. The molecule has 0 aliphatic carbocycles. The Morgan fingerprint density at radius 1 is 1.33 bits per heavy atom. The molecule has 2 unspecified atom stereocenters. The summed E-state index contributed by atoms with van der Waals surface area (Å²) in [4.78, 5) is 10.7. The molecule has 1 aromatic carbocycles. The summed E-state index contributed by atoms with van der Waals surface area (Å²) in [6.07, 6.45) is 0. The van der Waals surface area contributed by atoms with Crippen molar-refractivity contribution in [3.05, 3.63) is 29.3 Å². The maximum atomic E-state index is 12.0. The molecule has 18 heavy (non-hydrogen) atoms. The Balaban J connectivity index is 2.97. The molecule has 100 valence electrons. The SMILES string of the molecule is CC(NS(=O)(=O)c1ccccc1Cl)C(C)C(=O)O. The minimum atomic E-state index is -3.81. The summed E-state index contributed by atoms with van der Waals surface area (Å²) in [5, 5.41) is 8.91. The zero-order valence-corrected chi connectivity index (χ0v) is 11.5. The lowest BCUT2D eigenvalue weighted by Crippen LogP contribution is -2.40. The molecule has 0 aliphatic heterocycles. The van der Waals surface area contributed by atoms with E-state index in [4.69, 9.17) is 16.7 Å². The molecule has 2 atom stereocenters. The number of hydrogen-bond acceptors (Lipinski definition) is 3. The molecule has 1 rings (SSSR count). The van der Waals surface area contributed by atoms with Gasteiger partial charge < -0.3 is 5.11 Å². The average molecular weight is 292 g/mol. The van der Waals surface area contributed by atoms with Crippen molar-refractivity contribution >= 4 is 27.6 Å². The Morgan fingerprint density at radius 3 is 2.39 bits per heavy atom. The first-order chi connectivity index (χ1) is 8.25. The van der Waals surface area contributed by atoms with Gasteiger partial charge in [0, 0.05) is 6.04 Å². The van der Waals surface area contributed by atoms with E-state index in [0.29, 0.717) is 0 Å². The van der Waals surface area contributed by atoms with Crippen LogP contribution < -0.4 is 4.72 Å². The van der Waals surface area contributed by atoms with Gasteiger partial charge in [0.2, 0.25) is 10.0 Å². The number of halogens is 1. The van der Waals surface area contributed by atoms with Crippen LogP contribution in [0, 0.1) is 5.92 Å². The molecular formula is C11H14ClNO4S. The van der Waals surface area contributed by atoms with Gasteiger partial charge in [-0.15, -0.1) is 0 Å². The molecule has 0 fully saturated rings. The first-order valence-corrected chi connectivity index (χ1v) is 7.11. The molecule has 0 amide bonds. The molecule has 1 aromatic rings. The fourth-order valence-corrected chi connectivity index (χ4v) is 3.13. The van der Waals surface area contributed by atoms with Crippen LogP contribution in [0.1, 0.15) is 13.8 Å². The summed E-state index contributed by atoms with van der Waals surface area (Å²) in [5.74, 6) is -1.90. The third kappa shape index (κ3) is 3.44. The fourth-order valence-electron chi connectivity index (χ4n) is 1.29. The van der Waals surface area contributed by atoms with Gasteiger partial charge in [-0.25, -0.2) is 13.1 Å². The van der Waals surface area contributed by atoms with E-state index in [0.717, 1.165) is 0 Å². The van der Waals surface area contributed by atoms with Crippen LogP contribution in [-0.2, 0) is 14.8 Å². The minimum Gasteiger partial charge on any atom is -0.481 e. The number of hydrogen-bond donors (Lipinski definition) is 2. The second-order valence-electron chi connectivity index (χ2n) is 3.97. The molecule has 0 radical (unpaired) electrons. The first-order valence-electron chi connectivity index (χ1n) is 5.25. The van der Waals surface area contributed by atoms with Crippen molar-refractivity contribution < 1.29 is 18.3 Å². The summed E-state index contributed by atoms with van der Waals surface area (Å²) in [5.41, 5.74) is 0. The predicted octanol–water partition coefficient (Wildman–Crippen LogP) is 1.73. The van der Waals surface area contributed by atoms with Gasteiger partial charge in [-0.05, 0) is 19.1 Å². The molecule has 0 aliphatic rings. The first kappa shape index (κ1) is 14.9. The lowest BCUT2D eigenvalue weighted by molar-refractivity contribution is -0.141. The maximum Gasteiger partial charge on any atom is 0.307 e. The molecule has 0 heterocycles. The van der Waals surface area contributed by atoms with E-state index in [9.17, 15) is 13.2 Å². The topological polar surface area (TPSA) is 83.5 Å². The van der Waals surface area contributed by atoms with Gasteiger partial charge in [0.15, 0.2) is 0 Å². The largest absolute Gasteiger partial charge is 0.481 e. The minimum absolute atomic E-state index is 0.0592. The molecule has 2 N–H and O–H groups in total. The Hall–Kier alpha value is -1.11. The summed E-state index contributed by atoms with van der Waals surface area (Å²) in [6, 6.07) is 5.25. The van der Waals surface area contributed by atoms with Crippen LogP contribution in [-0.4, -0.2) is 25.5 Å². The van der Waals surface area contributed by atoms with E-state index >= 15 is 0 Å². The van der Waals surface area contributed by atoms with Crippen molar-refractivity contribution in [2.24, 2.45) is 5.92 Å². The number of nitrogens with one attached hydrogen (secondary N) is 1. The molecule has 0 bridgehead atoms. The summed E-state index contributed by atoms with van der Waals surface area (Å²) in [7, 11) is -3.81. The van der Waals surface area contributed by atoms with E-state index < -0.39 is 28.0 Å². The lowest BCUT2D eigenvalue weighted by atomic mass is 10.1. The highest BCUT2D eigenvalue weighted by Crippen LogP contribution is 2.21. The molecule has 5 nitrogen and oxygen atoms in total. The number of carbonyl (C=O) groups is 1. The third-order valence-corrected chi connectivity index (χ3v) is 4.67. The molecule has 0 aromatic heterocycles. The standard InChI is InChI=1S/C11H14ClNO4S/c1-7(11(14)15)8(2)13-18(16,17)10-6-4-3-5-9(10)12/h3-8,13H,1-2H3,(H,14,15). The van der Waals surface area contributed by atoms with Crippen molar-refractivity contribution in [1.82, 2.24) is 4.72 Å². The fraction of sp³-hybridized carbons (Fsp3) is 0.364. The number of carboxylic acids is 1. The van der Waals surface area contributed by atoms with E-state index in [-0.39, 0.29) is 9.92 Å². The van der Waals surface area contributed by atoms with E-state index in [1.807, 2.05) is 0 Å². The van der Waals surface area contributed by atoms with Gasteiger partial charge in [0.1, 0.15) is 4.90 Å². The highest BCUT2D eigenvalue weighted by molar-refractivity contribution is 7.89. The van der Waals surface area contributed by atoms with E-state index in [1.54, 1.807) is 12.1 Å². The zero-order chi connectivity index (χ0) is 13.9. The second-order valence-corrected chi connectivity index (χ2v) is 6.06. The van der Waals surface area contributed by atoms with Gasteiger partial charge in [-0.2, -0.15) is 0 Å². The highest BCUT2D eigenvalue weighted by atomic mass is 35.5. The molecule has 0 saturated heterocycles. The third-order valence-electron chi connectivity index (χ3n) is 2.61. The smallest absolute Gasteiger partial charge is 0.307 e. The van der Waals surface area contributed by atoms with Crippen LogP contribution in [0.5, 0.6) is 0 Å². The van der Waals surface area contributed by atoms with Crippen LogP contribution in [0.2, 0.25) is 5.02 Å². The number of sulfonamides is 1. The van der Waals surface area contributed by atoms with Gasteiger partial charge >= 0.3 is 5.97 Å². The Morgan fingerprint density at radius 2 is 1.89 bits per heavy atom. The van der Waals surface area contributed by atoms with Crippen LogP contribution in [0.25, 0.3) is 0 Å². The molecule has 0 saturated carbocycles. The highest BCUT2D eigenvalue weighted by Gasteiger charge is 2.26. The molecular weight excluding hydrogens is 278 g/mol. The van der Waals surface area contributed by atoms with Crippen LogP contribution in [0.4, 0.5) is 0 Å². The Labute approximate surface area is 111 Å². The Bertz CT molecular complexity index is 544. The second kappa shape index (κ2) is 5.69. The van der Waals surface area contributed by atoms with E-state index in [1.165, 1.54) is 26.0 Å². The van der Waals surface area contributed by atoms with Crippen LogP contribution in [0.15, 0.2) is 29.2 Å². The van der Waals surface area contributed by atoms with Crippen molar-refractivity contribution in [2.75, 3.05) is 0 Å². The van der Waals surface area contributed by atoms with Crippen molar-refractivity contribution in [3.8, 4) is 0 Å². The van der Waals surface area contributed by atoms with Gasteiger partial charge in [-0.3, -0.25) is 4.79 Å². The quantitative estimate of drug-likeness (QED) is 0.865. The van der Waals surface area contributed by atoms with Gasteiger partial charge in [0.25, 0.3) is 0 Å². The number of carboxylic acid groups (broad SMARTS) is 1. The average Bonchev–Trinajstić information content (AvgIpc) is 2.27.